The van der Waals surface area contributed by atoms with Gasteiger partial charge in [0.2, 0.25) is 5.95 Å². The van der Waals surface area contributed by atoms with E-state index in [9.17, 15) is 13.2 Å². The molecule has 1 aromatic heterocycles. The molecule has 31 heavy (non-hydrogen) atoms. The predicted octanol–water partition coefficient (Wildman–Crippen LogP) is 5.58. The number of aromatic nitrogens is 2. The maximum atomic E-state index is 13.3. The van der Waals surface area contributed by atoms with E-state index in [1.807, 2.05) is 44.4 Å². The van der Waals surface area contributed by atoms with E-state index in [0.29, 0.717) is 29.7 Å². The minimum atomic E-state index is -4.41. The average Bonchev–Trinajstić information content (AvgIpc) is 2.72. The summed E-state index contributed by atoms with van der Waals surface area (Å²) in [7, 11) is 4.01. The van der Waals surface area contributed by atoms with Crippen LogP contribution in [0.3, 0.4) is 0 Å². The van der Waals surface area contributed by atoms with E-state index in [0.717, 1.165) is 24.6 Å². The minimum Gasteiger partial charge on any atom is -0.354 e. The van der Waals surface area contributed by atoms with Crippen molar-refractivity contribution in [3.8, 4) is 11.3 Å². The van der Waals surface area contributed by atoms with Crippen LogP contribution >= 0.6 is 0 Å². The molecule has 0 fully saturated rings. The molecule has 0 aliphatic heterocycles. The highest BCUT2D eigenvalue weighted by atomic mass is 19.4. The second kappa shape index (κ2) is 9.78. The van der Waals surface area contributed by atoms with E-state index in [-0.39, 0.29) is 5.56 Å². The summed E-state index contributed by atoms with van der Waals surface area (Å²) in [5.41, 5.74) is 1.38. The lowest BCUT2D eigenvalue weighted by Crippen LogP contribution is -2.17. The number of alkyl halides is 3. The SMILES string of the molecule is Cc1c(Nc2cc(-c3ccccc3)nc(NCCCN(C)C)n2)cccc1C(F)(F)F. The maximum absolute atomic E-state index is 13.3. The Hall–Kier alpha value is -3.13. The van der Waals surface area contributed by atoms with Crippen molar-refractivity contribution in [2.45, 2.75) is 19.5 Å². The quantitative estimate of drug-likeness (QED) is 0.458. The first-order valence-electron chi connectivity index (χ1n) is 10.0. The highest BCUT2D eigenvalue weighted by Crippen LogP contribution is 2.35. The maximum Gasteiger partial charge on any atom is 0.416 e. The van der Waals surface area contributed by atoms with Gasteiger partial charge in [0.15, 0.2) is 0 Å². The van der Waals surface area contributed by atoms with Crippen LogP contribution in [0.2, 0.25) is 0 Å². The van der Waals surface area contributed by atoms with E-state index in [2.05, 4.69) is 25.5 Å². The van der Waals surface area contributed by atoms with Gasteiger partial charge in [-0.3, -0.25) is 0 Å². The van der Waals surface area contributed by atoms with Crippen molar-refractivity contribution in [3.63, 3.8) is 0 Å². The Balaban J connectivity index is 1.91. The van der Waals surface area contributed by atoms with E-state index in [4.69, 9.17) is 0 Å². The summed E-state index contributed by atoms with van der Waals surface area (Å²) in [6, 6.07) is 15.4. The summed E-state index contributed by atoms with van der Waals surface area (Å²) in [5.74, 6) is 0.846. The van der Waals surface area contributed by atoms with Gasteiger partial charge in [-0.25, -0.2) is 4.98 Å². The minimum absolute atomic E-state index is 0.121. The number of nitrogens with zero attached hydrogens (tertiary/aromatic N) is 3. The lowest BCUT2D eigenvalue weighted by molar-refractivity contribution is -0.138. The predicted molar refractivity (Wildman–Crippen MR) is 119 cm³/mol. The number of halogens is 3. The third-order valence-electron chi connectivity index (χ3n) is 4.76. The highest BCUT2D eigenvalue weighted by molar-refractivity contribution is 5.69. The molecule has 0 saturated carbocycles. The lowest BCUT2D eigenvalue weighted by Gasteiger charge is -2.16. The van der Waals surface area contributed by atoms with Gasteiger partial charge in [0, 0.05) is 23.9 Å². The third kappa shape index (κ3) is 6.18. The molecule has 0 aliphatic rings. The van der Waals surface area contributed by atoms with E-state index < -0.39 is 11.7 Å². The Labute approximate surface area is 180 Å². The summed E-state index contributed by atoms with van der Waals surface area (Å²) in [4.78, 5) is 11.2. The summed E-state index contributed by atoms with van der Waals surface area (Å²) < 4.78 is 39.8. The van der Waals surface area contributed by atoms with Gasteiger partial charge in [-0.15, -0.1) is 0 Å². The molecule has 3 aromatic rings. The van der Waals surface area contributed by atoms with Gasteiger partial charge < -0.3 is 15.5 Å². The molecule has 0 aliphatic carbocycles. The summed E-state index contributed by atoms with van der Waals surface area (Å²) in [5, 5.41) is 6.26. The number of rotatable bonds is 8. The van der Waals surface area contributed by atoms with Crippen molar-refractivity contribution in [2.75, 3.05) is 37.8 Å². The molecule has 164 valence electrons. The number of anilines is 3. The molecule has 1 heterocycles. The number of nitrogens with one attached hydrogen (secondary N) is 2. The smallest absolute Gasteiger partial charge is 0.354 e. The second-order valence-electron chi connectivity index (χ2n) is 7.51. The molecule has 0 amide bonds. The van der Waals surface area contributed by atoms with Gasteiger partial charge in [0.25, 0.3) is 0 Å². The molecule has 2 N–H and O–H groups in total. The molecule has 2 aromatic carbocycles. The van der Waals surface area contributed by atoms with Crippen LogP contribution in [-0.2, 0) is 6.18 Å². The summed E-state index contributed by atoms with van der Waals surface area (Å²) in [6.45, 7) is 3.04. The van der Waals surface area contributed by atoms with Gasteiger partial charge in [-0.05, 0) is 51.7 Å². The Morgan fingerprint density at radius 2 is 1.71 bits per heavy atom. The Kier molecular flexibility index (Phi) is 7.12. The number of hydrogen-bond acceptors (Lipinski definition) is 5. The average molecular weight is 429 g/mol. The highest BCUT2D eigenvalue weighted by Gasteiger charge is 2.32. The Morgan fingerprint density at radius 3 is 2.39 bits per heavy atom. The first kappa shape index (κ1) is 22.6. The van der Waals surface area contributed by atoms with Crippen LogP contribution in [0.1, 0.15) is 17.5 Å². The Morgan fingerprint density at radius 1 is 0.968 bits per heavy atom. The molecule has 0 spiro atoms. The van der Waals surface area contributed by atoms with Gasteiger partial charge in [0.05, 0.1) is 11.3 Å². The van der Waals surface area contributed by atoms with Crippen LogP contribution in [0.25, 0.3) is 11.3 Å². The van der Waals surface area contributed by atoms with E-state index in [1.165, 1.54) is 13.0 Å². The van der Waals surface area contributed by atoms with Crippen LogP contribution < -0.4 is 10.6 Å². The third-order valence-corrected chi connectivity index (χ3v) is 4.76. The summed E-state index contributed by atoms with van der Waals surface area (Å²) >= 11 is 0. The van der Waals surface area contributed by atoms with E-state index >= 15 is 0 Å². The molecule has 0 saturated heterocycles. The normalized spacial score (nSPS) is 11.6. The van der Waals surface area contributed by atoms with Crippen LogP contribution in [-0.4, -0.2) is 42.1 Å². The van der Waals surface area contributed by atoms with Crippen molar-refractivity contribution in [1.82, 2.24) is 14.9 Å². The molecule has 5 nitrogen and oxygen atoms in total. The largest absolute Gasteiger partial charge is 0.416 e. The van der Waals surface area contributed by atoms with Gasteiger partial charge in [0.1, 0.15) is 5.82 Å². The topological polar surface area (TPSA) is 53.1 Å². The first-order valence-corrected chi connectivity index (χ1v) is 10.0. The molecular formula is C23H26F3N5. The zero-order chi connectivity index (χ0) is 22.4. The van der Waals surface area contributed by atoms with E-state index in [1.54, 1.807) is 12.1 Å². The Bertz CT molecular complexity index is 1000. The van der Waals surface area contributed by atoms with Crippen molar-refractivity contribution in [1.29, 1.82) is 0 Å². The van der Waals surface area contributed by atoms with Gasteiger partial charge in [-0.1, -0.05) is 36.4 Å². The monoisotopic (exact) mass is 429 g/mol. The molecule has 0 unspecified atom stereocenters. The molecule has 0 radical (unpaired) electrons. The van der Waals surface area contributed by atoms with Crippen molar-refractivity contribution in [3.05, 3.63) is 65.7 Å². The van der Waals surface area contributed by atoms with Crippen LogP contribution in [0.5, 0.6) is 0 Å². The standard InChI is InChI=1S/C23H26F3N5/c1-16-18(23(24,25)26)11-7-12-19(16)28-21-15-20(17-9-5-4-6-10-17)29-22(30-21)27-13-8-14-31(2)3/h4-7,9-12,15H,8,13-14H2,1-3H3,(H2,27,28,29,30). The lowest BCUT2D eigenvalue weighted by atomic mass is 10.1. The zero-order valence-electron chi connectivity index (χ0n) is 17.8. The van der Waals surface area contributed by atoms with Crippen LogP contribution in [0.4, 0.5) is 30.6 Å². The molecule has 8 heteroatoms. The van der Waals surface area contributed by atoms with Crippen molar-refractivity contribution >= 4 is 17.5 Å². The van der Waals surface area contributed by atoms with Crippen LogP contribution in [0, 0.1) is 6.92 Å². The fourth-order valence-corrected chi connectivity index (χ4v) is 3.16. The number of benzene rings is 2. The zero-order valence-corrected chi connectivity index (χ0v) is 17.8. The van der Waals surface area contributed by atoms with Crippen molar-refractivity contribution < 1.29 is 13.2 Å². The fraction of sp³-hybridized carbons (Fsp3) is 0.304. The molecular weight excluding hydrogens is 403 g/mol. The molecule has 3 rings (SSSR count). The molecule has 0 bridgehead atoms. The number of hydrogen-bond donors (Lipinski definition) is 2. The van der Waals surface area contributed by atoms with Crippen molar-refractivity contribution in [2.24, 2.45) is 0 Å². The summed E-state index contributed by atoms with van der Waals surface area (Å²) in [6.07, 6.45) is -3.51. The second-order valence-corrected chi connectivity index (χ2v) is 7.51. The van der Waals surface area contributed by atoms with Gasteiger partial charge >= 0.3 is 6.18 Å². The fourth-order valence-electron chi connectivity index (χ4n) is 3.16. The van der Waals surface area contributed by atoms with Crippen LogP contribution in [0.15, 0.2) is 54.6 Å². The van der Waals surface area contributed by atoms with Gasteiger partial charge in [-0.2, -0.15) is 18.2 Å². The molecule has 0 atom stereocenters. The first-order chi connectivity index (χ1) is 14.7.